The molecule has 0 saturated heterocycles. The summed E-state index contributed by atoms with van der Waals surface area (Å²) in [6, 6.07) is 21.6. The van der Waals surface area contributed by atoms with Crippen molar-refractivity contribution >= 4 is 27.5 Å². The van der Waals surface area contributed by atoms with Gasteiger partial charge in [0.2, 0.25) is 11.8 Å². The van der Waals surface area contributed by atoms with Crippen molar-refractivity contribution < 1.29 is 27.5 Å². The van der Waals surface area contributed by atoms with Gasteiger partial charge in [0.15, 0.2) is 11.5 Å². The van der Waals surface area contributed by atoms with E-state index >= 15 is 0 Å². The molecule has 0 fully saturated rings. The monoisotopic (exact) mass is 593 g/mol. The number of carbonyl (C=O) groups is 2. The van der Waals surface area contributed by atoms with E-state index in [0.717, 1.165) is 16.3 Å². The van der Waals surface area contributed by atoms with Crippen LogP contribution in [0.5, 0.6) is 11.5 Å². The average molecular weight is 594 g/mol. The minimum absolute atomic E-state index is 0.0464. The van der Waals surface area contributed by atoms with Gasteiger partial charge in [-0.1, -0.05) is 62.4 Å². The number of hydrogen-bond acceptors (Lipinski definition) is 6. The third kappa shape index (κ3) is 7.42. The van der Waals surface area contributed by atoms with Crippen LogP contribution in [-0.4, -0.2) is 63.5 Å². The maximum Gasteiger partial charge on any atom is 0.264 e. The fourth-order valence-electron chi connectivity index (χ4n) is 4.77. The van der Waals surface area contributed by atoms with Crippen LogP contribution in [0.2, 0.25) is 0 Å². The van der Waals surface area contributed by atoms with E-state index in [0.29, 0.717) is 37.6 Å². The Labute approximate surface area is 248 Å². The summed E-state index contributed by atoms with van der Waals surface area (Å²) in [5.41, 5.74) is 1.27. The van der Waals surface area contributed by atoms with E-state index in [4.69, 9.17) is 9.47 Å². The van der Waals surface area contributed by atoms with Gasteiger partial charge in [0, 0.05) is 18.7 Å². The summed E-state index contributed by atoms with van der Waals surface area (Å²) in [6.07, 6.45) is 1.63. The number of anilines is 1. The quantitative estimate of drug-likeness (QED) is 0.315. The Morgan fingerprint density at radius 3 is 2.17 bits per heavy atom. The molecule has 3 aromatic carbocycles. The van der Waals surface area contributed by atoms with Gasteiger partial charge in [0.05, 0.1) is 10.6 Å². The number of amides is 2. The zero-order chi connectivity index (χ0) is 30.1. The average Bonchev–Trinajstić information content (AvgIpc) is 3.02. The van der Waals surface area contributed by atoms with E-state index in [9.17, 15) is 18.0 Å². The molecular formula is C32H39N3O6S. The lowest BCUT2D eigenvalue weighted by Crippen LogP contribution is -2.54. The number of nitrogens with one attached hydrogen (secondary N) is 1. The molecule has 0 bridgehead atoms. The molecule has 4 rings (SSSR count). The number of fused-ring (bicyclic) bond motifs is 1. The first-order valence-electron chi connectivity index (χ1n) is 14.4. The van der Waals surface area contributed by atoms with Crippen LogP contribution in [0, 0.1) is 0 Å². The molecule has 2 unspecified atom stereocenters. The van der Waals surface area contributed by atoms with Gasteiger partial charge in [-0.3, -0.25) is 13.9 Å². The second kappa shape index (κ2) is 14.2. The number of hydrogen-bond donors (Lipinski definition) is 1. The summed E-state index contributed by atoms with van der Waals surface area (Å²) in [5.74, 6) is 0.168. The van der Waals surface area contributed by atoms with Crippen molar-refractivity contribution in [2.24, 2.45) is 0 Å². The van der Waals surface area contributed by atoms with Crippen molar-refractivity contribution in [3.05, 3.63) is 84.4 Å². The number of ether oxygens (including phenoxy) is 2. The molecule has 1 aliphatic rings. The summed E-state index contributed by atoms with van der Waals surface area (Å²) in [4.78, 5) is 29.1. The van der Waals surface area contributed by atoms with Gasteiger partial charge in [-0.05, 0) is 56.0 Å². The highest BCUT2D eigenvalue weighted by atomic mass is 32.2. The Bertz CT molecular complexity index is 1450. The molecule has 1 N–H and O–H groups in total. The normalized spacial score (nSPS) is 14.0. The fraction of sp³-hybridized carbons (Fsp3) is 0.375. The van der Waals surface area contributed by atoms with Crippen LogP contribution in [-0.2, 0) is 26.0 Å². The minimum atomic E-state index is -4.16. The molecule has 3 aromatic rings. The maximum absolute atomic E-state index is 14.2. The Hall–Kier alpha value is -4.05. The number of sulfonamides is 1. The highest BCUT2D eigenvalue weighted by molar-refractivity contribution is 7.92. The van der Waals surface area contributed by atoms with Crippen LogP contribution in [0.3, 0.4) is 0 Å². The molecule has 0 radical (unpaired) electrons. The van der Waals surface area contributed by atoms with Crippen molar-refractivity contribution in [2.45, 2.75) is 57.0 Å². The SMILES string of the molecule is CCC(C)NC(=O)C(CC)N(CCc1ccccc1)C(=O)CN(c1ccc2c(c1)OCCO2)S(=O)(=O)c1ccccc1. The Balaban J connectivity index is 1.71. The summed E-state index contributed by atoms with van der Waals surface area (Å²) >= 11 is 0. The van der Waals surface area contributed by atoms with Gasteiger partial charge in [-0.2, -0.15) is 0 Å². The Kier molecular flexibility index (Phi) is 10.5. The third-order valence-electron chi connectivity index (χ3n) is 7.29. The van der Waals surface area contributed by atoms with E-state index in [1.165, 1.54) is 17.0 Å². The zero-order valence-electron chi connectivity index (χ0n) is 24.4. The molecule has 9 nitrogen and oxygen atoms in total. The fourth-order valence-corrected chi connectivity index (χ4v) is 6.20. The first-order valence-corrected chi connectivity index (χ1v) is 15.8. The number of nitrogens with zero attached hydrogens (tertiary/aromatic N) is 2. The Morgan fingerprint density at radius 2 is 1.52 bits per heavy atom. The van der Waals surface area contributed by atoms with Crippen molar-refractivity contribution in [2.75, 3.05) is 30.6 Å². The van der Waals surface area contributed by atoms with Crippen LogP contribution in [0.15, 0.2) is 83.8 Å². The smallest absolute Gasteiger partial charge is 0.264 e. The molecule has 1 heterocycles. The molecule has 2 atom stereocenters. The van der Waals surface area contributed by atoms with Crippen LogP contribution >= 0.6 is 0 Å². The molecular weight excluding hydrogens is 554 g/mol. The van der Waals surface area contributed by atoms with Crippen molar-refractivity contribution in [1.29, 1.82) is 0 Å². The highest BCUT2D eigenvalue weighted by Crippen LogP contribution is 2.36. The summed E-state index contributed by atoms with van der Waals surface area (Å²) in [7, 11) is -4.16. The van der Waals surface area contributed by atoms with E-state index in [1.54, 1.807) is 36.4 Å². The lowest BCUT2D eigenvalue weighted by Gasteiger charge is -2.34. The van der Waals surface area contributed by atoms with Crippen LogP contribution in [0.25, 0.3) is 0 Å². The molecule has 0 aromatic heterocycles. The molecule has 224 valence electrons. The van der Waals surface area contributed by atoms with Crippen LogP contribution < -0.4 is 19.1 Å². The topological polar surface area (TPSA) is 105 Å². The van der Waals surface area contributed by atoms with Gasteiger partial charge < -0.3 is 19.7 Å². The number of carbonyl (C=O) groups excluding carboxylic acids is 2. The molecule has 0 saturated carbocycles. The summed E-state index contributed by atoms with van der Waals surface area (Å²) in [6.45, 7) is 6.21. The molecule has 1 aliphatic heterocycles. The largest absolute Gasteiger partial charge is 0.486 e. The molecule has 42 heavy (non-hydrogen) atoms. The predicted molar refractivity (Wildman–Crippen MR) is 162 cm³/mol. The molecule has 10 heteroatoms. The standard InChI is InChI=1S/C32H39N3O6S/c1-4-24(3)33-32(37)28(5-2)34(19-18-25-12-8-6-9-13-25)31(36)23-35(42(38,39)27-14-10-7-11-15-27)26-16-17-29-30(22-26)41-21-20-40-29/h6-17,22,24,28H,4-5,18-21,23H2,1-3H3,(H,33,37). The minimum Gasteiger partial charge on any atom is -0.486 e. The van der Waals surface area contributed by atoms with Crippen LogP contribution in [0.4, 0.5) is 5.69 Å². The van der Waals surface area contributed by atoms with Crippen LogP contribution in [0.1, 0.15) is 39.2 Å². The van der Waals surface area contributed by atoms with E-state index in [-0.39, 0.29) is 29.1 Å². The highest BCUT2D eigenvalue weighted by Gasteiger charge is 2.34. The second-order valence-electron chi connectivity index (χ2n) is 10.2. The first kappa shape index (κ1) is 30.9. The van der Waals surface area contributed by atoms with E-state index in [1.807, 2.05) is 51.1 Å². The van der Waals surface area contributed by atoms with E-state index < -0.39 is 28.5 Å². The van der Waals surface area contributed by atoms with Gasteiger partial charge in [0.1, 0.15) is 25.8 Å². The van der Waals surface area contributed by atoms with Crippen molar-refractivity contribution in [3.8, 4) is 11.5 Å². The summed E-state index contributed by atoms with van der Waals surface area (Å²) < 4.78 is 40.4. The van der Waals surface area contributed by atoms with E-state index in [2.05, 4.69) is 5.32 Å². The predicted octanol–water partition coefficient (Wildman–Crippen LogP) is 4.42. The number of rotatable bonds is 13. The van der Waals surface area contributed by atoms with Gasteiger partial charge in [0.25, 0.3) is 10.0 Å². The van der Waals surface area contributed by atoms with Gasteiger partial charge in [-0.15, -0.1) is 0 Å². The molecule has 2 amide bonds. The second-order valence-corrected chi connectivity index (χ2v) is 12.1. The summed E-state index contributed by atoms with van der Waals surface area (Å²) in [5, 5.41) is 2.99. The van der Waals surface area contributed by atoms with Gasteiger partial charge in [-0.25, -0.2) is 8.42 Å². The molecule has 0 spiro atoms. The third-order valence-corrected chi connectivity index (χ3v) is 9.08. The van der Waals surface area contributed by atoms with Gasteiger partial charge >= 0.3 is 0 Å². The lowest BCUT2D eigenvalue weighted by atomic mass is 10.1. The lowest BCUT2D eigenvalue weighted by molar-refractivity contribution is -0.139. The first-order chi connectivity index (χ1) is 20.2. The Morgan fingerprint density at radius 1 is 0.881 bits per heavy atom. The maximum atomic E-state index is 14.2. The molecule has 0 aliphatic carbocycles. The van der Waals surface area contributed by atoms with Crippen molar-refractivity contribution in [1.82, 2.24) is 10.2 Å². The number of benzene rings is 3. The zero-order valence-corrected chi connectivity index (χ0v) is 25.2. The van der Waals surface area contributed by atoms with Crippen molar-refractivity contribution in [3.63, 3.8) is 0 Å².